The van der Waals surface area contributed by atoms with Gasteiger partial charge in [0, 0.05) is 17.1 Å². The summed E-state index contributed by atoms with van der Waals surface area (Å²) in [6.45, 7) is 5.63. The Morgan fingerprint density at radius 2 is 1.72 bits per heavy atom. The lowest BCUT2D eigenvalue weighted by atomic mass is 10.1. The first-order valence-electron chi connectivity index (χ1n) is 9.41. The molecule has 0 radical (unpaired) electrons. The molecule has 2 aromatic carbocycles. The molecular formula is C22H27BrN2O4. The summed E-state index contributed by atoms with van der Waals surface area (Å²) in [5.41, 5.74) is 0.918. The largest absolute Gasteiger partial charge is 0.497 e. The first kappa shape index (κ1) is 22.7. The van der Waals surface area contributed by atoms with E-state index in [9.17, 15) is 9.59 Å². The van der Waals surface area contributed by atoms with Crippen molar-refractivity contribution in [2.45, 2.75) is 39.4 Å². The summed E-state index contributed by atoms with van der Waals surface area (Å²) in [5, 5.41) is 2.86. The lowest BCUT2D eigenvalue weighted by molar-refractivity contribution is -0.142. The van der Waals surface area contributed by atoms with Gasteiger partial charge in [-0.1, -0.05) is 28.1 Å². The molecular weight excluding hydrogens is 436 g/mol. The molecule has 29 heavy (non-hydrogen) atoms. The molecule has 0 saturated heterocycles. The van der Waals surface area contributed by atoms with Gasteiger partial charge in [0.1, 0.15) is 17.5 Å². The number of ether oxygens (including phenoxy) is 2. The summed E-state index contributed by atoms with van der Waals surface area (Å²) in [5.74, 6) is 0.791. The van der Waals surface area contributed by atoms with E-state index in [1.54, 1.807) is 38.3 Å². The van der Waals surface area contributed by atoms with Crippen LogP contribution in [0, 0.1) is 0 Å². The highest BCUT2D eigenvalue weighted by Crippen LogP contribution is 2.18. The van der Waals surface area contributed by atoms with E-state index in [1.165, 1.54) is 4.90 Å². The molecule has 0 spiro atoms. The fourth-order valence-electron chi connectivity index (χ4n) is 2.72. The average Bonchev–Trinajstić information content (AvgIpc) is 2.69. The van der Waals surface area contributed by atoms with Gasteiger partial charge < -0.3 is 19.7 Å². The second kappa shape index (κ2) is 10.9. The van der Waals surface area contributed by atoms with Crippen LogP contribution in [-0.4, -0.2) is 42.5 Å². The predicted octanol–water partition coefficient (Wildman–Crippen LogP) is 3.78. The first-order valence-corrected chi connectivity index (χ1v) is 10.2. The molecule has 6 nitrogen and oxygen atoms in total. The van der Waals surface area contributed by atoms with Crippen LogP contribution in [0.5, 0.6) is 11.5 Å². The van der Waals surface area contributed by atoms with Crippen molar-refractivity contribution < 1.29 is 19.1 Å². The van der Waals surface area contributed by atoms with E-state index in [-0.39, 0.29) is 24.5 Å². The number of methoxy groups -OCH3 is 1. The monoisotopic (exact) mass is 462 g/mol. The van der Waals surface area contributed by atoms with Gasteiger partial charge in [0.05, 0.1) is 7.11 Å². The third-order valence-electron chi connectivity index (χ3n) is 4.26. The number of nitrogens with zero attached hydrogens (tertiary/aromatic N) is 1. The fourth-order valence-corrected chi connectivity index (χ4v) is 3.17. The predicted molar refractivity (Wildman–Crippen MR) is 116 cm³/mol. The Hall–Kier alpha value is -2.54. The van der Waals surface area contributed by atoms with Crippen LogP contribution >= 0.6 is 15.9 Å². The highest BCUT2D eigenvalue weighted by molar-refractivity contribution is 9.10. The zero-order valence-corrected chi connectivity index (χ0v) is 18.7. The number of hydrogen-bond acceptors (Lipinski definition) is 4. The number of halogens is 1. The third kappa shape index (κ3) is 7.09. The van der Waals surface area contributed by atoms with Crippen LogP contribution in [0.4, 0.5) is 0 Å². The molecule has 0 aliphatic carbocycles. The molecule has 1 N–H and O–H groups in total. The van der Waals surface area contributed by atoms with Gasteiger partial charge in [-0.15, -0.1) is 0 Å². The molecule has 2 rings (SSSR count). The highest BCUT2D eigenvalue weighted by Gasteiger charge is 2.26. The molecule has 0 saturated carbocycles. The molecule has 2 aromatic rings. The SMILES string of the molecule is COc1ccc(OCC(=O)N(Cc2cccc(Br)c2)C(C)C(=O)NC(C)C)cc1. The Labute approximate surface area is 180 Å². The van der Waals surface area contributed by atoms with Crippen LogP contribution in [0.3, 0.4) is 0 Å². The minimum Gasteiger partial charge on any atom is -0.497 e. The second-order valence-electron chi connectivity index (χ2n) is 6.96. The van der Waals surface area contributed by atoms with Gasteiger partial charge in [0.25, 0.3) is 5.91 Å². The molecule has 7 heteroatoms. The maximum Gasteiger partial charge on any atom is 0.261 e. The summed E-state index contributed by atoms with van der Waals surface area (Å²) in [4.78, 5) is 27.0. The number of amides is 2. The zero-order valence-electron chi connectivity index (χ0n) is 17.1. The average molecular weight is 463 g/mol. The van der Waals surface area contributed by atoms with E-state index in [0.717, 1.165) is 10.0 Å². The molecule has 0 aliphatic rings. The van der Waals surface area contributed by atoms with Gasteiger partial charge in [-0.05, 0) is 62.7 Å². The van der Waals surface area contributed by atoms with Crippen molar-refractivity contribution in [1.82, 2.24) is 10.2 Å². The van der Waals surface area contributed by atoms with Crippen molar-refractivity contribution in [2.75, 3.05) is 13.7 Å². The smallest absolute Gasteiger partial charge is 0.261 e. The minimum atomic E-state index is -0.636. The maximum atomic E-state index is 12.9. The molecule has 0 aliphatic heterocycles. The molecule has 0 fully saturated rings. The number of hydrogen-bond donors (Lipinski definition) is 1. The number of carbonyl (C=O) groups is 2. The van der Waals surface area contributed by atoms with Crippen LogP contribution in [0.1, 0.15) is 26.3 Å². The summed E-state index contributed by atoms with van der Waals surface area (Å²) in [6, 6.07) is 14.0. The topological polar surface area (TPSA) is 67.9 Å². The Kier molecular flexibility index (Phi) is 8.51. The molecule has 1 atom stereocenters. The Bertz CT molecular complexity index is 824. The summed E-state index contributed by atoms with van der Waals surface area (Å²) in [6.07, 6.45) is 0. The molecule has 0 bridgehead atoms. The maximum absolute atomic E-state index is 12.9. The number of nitrogens with one attached hydrogen (secondary N) is 1. The van der Waals surface area contributed by atoms with E-state index >= 15 is 0 Å². The van der Waals surface area contributed by atoms with Crippen LogP contribution in [0.15, 0.2) is 53.0 Å². The molecule has 156 valence electrons. The van der Waals surface area contributed by atoms with Crippen molar-refractivity contribution in [3.05, 3.63) is 58.6 Å². The molecule has 0 heterocycles. The summed E-state index contributed by atoms with van der Waals surface area (Å²) >= 11 is 3.44. The van der Waals surface area contributed by atoms with E-state index in [2.05, 4.69) is 21.2 Å². The first-order chi connectivity index (χ1) is 13.8. The van der Waals surface area contributed by atoms with Crippen LogP contribution in [-0.2, 0) is 16.1 Å². The van der Waals surface area contributed by atoms with Crippen molar-refractivity contribution in [2.24, 2.45) is 0 Å². The lowest BCUT2D eigenvalue weighted by Crippen LogP contribution is -2.50. The van der Waals surface area contributed by atoms with Gasteiger partial charge in [0.15, 0.2) is 6.61 Å². The number of rotatable bonds is 9. The zero-order chi connectivity index (χ0) is 21.4. The minimum absolute atomic E-state index is 0.0108. The van der Waals surface area contributed by atoms with Gasteiger partial charge in [-0.3, -0.25) is 9.59 Å². The normalized spacial score (nSPS) is 11.7. The van der Waals surface area contributed by atoms with E-state index in [0.29, 0.717) is 18.0 Å². The van der Waals surface area contributed by atoms with E-state index in [1.807, 2.05) is 38.1 Å². The van der Waals surface area contributed by atoms with Crippen LogP contribution in [0.25, 0.3) is 0 Å². The van der Waals surface area contributed by atoms with Crippen molar-refractivity contribution in [3.63, 3.8) is 0 Å². The quantitative estimate of drug-likeness (QED) is 0.615. The van der Waals surface area contributed by atoms with Gasteiger partial charge in [-0.2, -0.15) is 0 Å². The Balaban J connectivity index is 2.13. The number of benzene rings is 2. The second-order valence-corrected chi connectivity index (χ2v) is 7.87. The standard InChI is InChI=1S/C22H27BrN2O4/c1-15(2)24-22(27)16(3)25(13-17-6-5-7-18(23)12-17)21(26)14-29-20-10-8-19(28-4)9-11-20/h5-12,15-16H,13-14H2,1-4H3,(H,24,27). The molecule has 1 unspecified atom stereocenters. The van der Waals surface area contributed by atoms with Gasteiger partial charge in [0.2, 0.25) is 5.91 Å². The highest BCUT2D eigenvalue weighted by atomic mass is 79.9. The van der Waals surface area contributed by atoms with Crippen molar-refractivity contribution in [3.8, 4) is 11.5 Å². The lowest BCUT2D eigenvalue weighted by Gasteiger charge is -2.29. The van der Waals surface area contributed by atoms with Gasteiger partial charge in [-0.25, -0.2) is 0 Å². The summed E-state index contributed by atoms with van der Waals surface area (Å²) < 4.78 is 11.7. The third-order valence-corrected chi connectivity index (χ3v) is 4.76. The van der Waals surface area contributed by atoms with E-state index < -0.39 is 6.04 Å². The molecule has 2 amide bonds. The number of carbonyl (C=O) groups excluding carboxylic acids is 2. The van der Waals surface area contributed by atoms with Crippen LogP contribution in [0.2, 0.25) is 0 Å². The van der Waals surface area contributed by atoms with Crippen LogP contribution < -0.4 is 14.8 Å². The van der Waals surface area contributed by atoms with Crippen molar-refractivity contribution in [1.29, 1.82) is 0 Å². The van der Waals surface area contributed by atoms with Crippen molar-refractivity contribution >= 4 is 27.7 Å². The molecule has 0 aromatic heterocycles. The summed E-state index contributed by atoms with van der Waals surface area (Å²) in [7, 11) is 1.59. The Morgan fingerprint density at radius 3 is 2.31 bits per heavy atom. The van der Waals surface area contributed by atoms with E-state index in [4.69, 9.17) is 9.47 Å². The van der Waals surface area contributed by atoms with Gasteiger partial charge >= 0.3 is 0 Å². The Morgan fingerprint density at radius 1 is 1.07 bits per heavy atom. The fraction of sp³-hybridized carbons (Fsp3) is 0.364.